The number of nitrogens with zero attached hydrogens (tertiary/aromatic N) is 3. The van der Waals surface area contributed by atoms with Crippen LogP contribution in [-0.4, -0.2) is 60.1 Å². The van der Waals surface area contributed by atoms with Gasteiger partial charge in [-0.1, -0.05) is 55.0 Å². The fourth-order valence-electron chi connectivity index (χ4n) is 6.73. The van der Waals surface area contributed by atoms with E-state index in [1.807, 2.05) is 18.2 Å². The summed E-state index contributed by atoms with van der Waals surface area (Å²) in [5.41, 5.74) is 2.45. The first-order valence-corrected chi connectivity index (χ1v) is 13.6. The van der Waals surface area contributed by atoms with Crippen molar-refractivity contribution in [1.82, 2.24) is 14.7 Å². The SMILES string of the molecule is C=CCN(C)[C@]1(c2ccccc2)CC[C@]2(CC1)CN(Cc1ccc(OC)cc1)C(=O)N2CC1CCC1. The predicted octanol–water partition coefficient (Wildman–Crippen LogP) is 6.06. The topological polar surface area (TPSA) is 36.0 Å². The molecule has 36 heavy (non-hydrogen) atoms. The van der Waals surface area contributed by atoms with Gasteiger partial charge in [0.1, 0.15) is 5.75 Å². The van der Waals surface area contributed by atoms with Crippen molar-refractivity contribution in [3.63, 3.8) is 0 Å². The number of carbonyl (C=O) groups is 1. The number of amides is 2. The number of hydrogen-bond acceptors (Lipinski definition) is 3. The lowest BCUT2D eigenvalue weighted by atomic mass is 9.67. The van der Waals surface area contributed by atoms with E-state index in [4.69, 9.17) is 4.74 Å². The molecule has 1 heterocycles. The Hall–Kier alpha value is -2.79. The number of urea groups is 1. The van der Waals surface area contributed by atoms with Crippen LogP contribution in [0.4, 0.5) is 4.79 Å². The minimum absolute atomic E-state index is 0.0186. The van der Waals surface area contributed by atoms with E-state index in [9.17, 15) is 4.79 Å². The van der Waals surface area contributed by atoms with Crippen molar-refractivity contribution in [3.05, 3.63) is 78.4 Å². The lowest BCUT2D eigenvalue weighted by molar-refractivity contribution is 0.00970. The minimum Gasteiger partial charge on any atom is -0.497 e. The number of methoxy groups -OCH3 is 1. The monoisotopic (exact) mass is 487 g/mol. The normalized spacial score (nSPS) is 26.5. The van der Waals surface area contributed by atoms with Crippen molar-refractivity contribution in [2.24, 2.45) is 5.92 Å². The van der Waals surface area contributed by atoms with E-state index in [1.54, 1.807) is 7.11 Å². The highest BCUT2D eigenvalue weighted by molar-refractivity contribution is 5.78. The van der Waals surface area contributed by atoms with Gasteiger partial charge in [-0.2, -0.15) is 0 Å². The minimum atomic E-state index is -0.0769. The molecule has 5 nitrogen and oxygen atoms in total. The smallest absolute Gasteiger partial charge is 0.320 e. The zero-order chi connectivity index (χ0) is 25.2. The molecule has 0 unspecified atom stereocenters. The molecule has 0 atom stereocenters. The van der Waals surface area contributed by atoms with Crippen LogP contribution in [0.5, 0.6) is 5.75 Å². The largest absolute Gasteiger partial charge is 0.497 e. The first-order chi connectivity index (χ1) is 17.5. The fraction of sp³-hybridized carbons (Fsp3) is 0.516. The predicted molar refractivity (Wildman–Crippen MR) is 145 cm³/mol. The summed E-state index contributed by atoms with van der Waals surface area (Å²) in [5.74, 6) is 1.51. The fourth-order valence-corrected chi connectivity index (χ4v) is 6.73. The maximum Gasteiger partial charge on any atom is 0.320 e. The Balaban J connectivity index is 1.40. The number of likely N-dealkylation sites (N-methyl/N-ethyl adjacent to an activating group) is 1. The van der Waals surface area contributed by atoms with E-state index in [1.165, 1.54) is 24.8 Å². The molecule has 2 amide bonds. The molecule has 0 bridgehead atoms. The lowest BCUT2D eigenvalue weighted by Crippen LogP contribution is -2.57. The van der Waals surface area contributed by atoms with Crippen LogP contribution in [0.3, 0.4) is 0 Å². The molecular formula is C31H41N3O2. The van der Waals surface area contributed by atoms with Crippen LogP contribution >= 0.6 is 0 Å². The average molecular weight is 488 g/mol. The van der Waals surface area contributed by atoms with E-state index < -0.39 is 0 Å². The summed E-state index contributed by atoms with van der Waals surface area (Å²) in [5, 5.41) is 0. The van der Waals surface area contributed by atoms with Crippen molar-refractivity contribution in [3.8, 4) is 5.75 Å². The van der Waals surface area contributed by atoms with E-state index in [0.717, 1.165) is 56.6 Å². The van der Waals surface area contributed by atoms with Crippen LogP contribution in [0.1, 0.15) is 56.1 Å². The van der Waals surface area contributed by atoms with Gasteiger partial charge in [-0.3, -0.25) is 4.90 Å². The standard InChI is InChI=1S/C31H41N3O2/c1-4-21-32(2)31(27-11-6-5-7-12-27)19-17-30(18-20-31)24-33(22-26-13-15-28(36-3)16-14-26)29(35)34(30)23-25-9-8-10-25/h4-7,11-16,25H,1,8-10,17-24H2,2-3H3/t30-,31+. The summed E-state index contributed by atoms with van der Waals surface area (Å²) in [6, 6.07) is 19.3. The van der Waals surface area contributed by atoms with Crippen LogP contribution in [-0.2, 0) is 12.1 Å². The Morgan fingerprint density at radius 1 is 1.06 bits per heavy atom. The summed E-state index contributed by atoms with van der Waals surface area (Å²) in [6.07, 6.45) is 9.98. The summed E-state index contributed by atoms with van der Waals surface area (Å²) >= 11 is 0. The van der Waals surface area contributed by atoms with Gasteiger partial charge < -0.3 is 14.5 Å². The molecule has 5 heteroatoms. The van der Waals surface area contributed by atoms with E-state index in [0.29, 0.717) is 12.5 Å². The zero-order valence-electron chi connectivity index (χ0n) is 22.0. The highest BCUT2D eigenvalue weighted by Crippen LogP contribution is 2.50. The van der Waals surface area contributed by atoms with Crippen molar-refractivity contribution < 1.29 is 9.53 Å². The van der Waals surface area contributed by atoms with Crippen molar-refractivity contribution >= 4 is 6.03 Å². The van der Waals surface area contributed by atoms with E-state index in [2.05, 4.69) is 70.8 Å². The van der Waals surface area contributed by atoms with Crippen LogP contribution in [0.2, 0.25) is 0 Å². The third-order valence-corrected chi connectivity index (χ3v) is 9.21. The molecule has 5 rings (SSSR count). The van der Waals surface area contributed by atoms with Crippen molar-refractivity contribution in [2.75, 3.05) is 33.8 Å². The molecule has 3 fully saturated rings. The molecule has 0 aromatic heterocycles. The molecule has 2 saturated carbocycles. The number of benzene rings is 2. The molecule has 0 radical (unpaired) electrons. The number of carbonyl (C=O) groups excluding carboxylic acids is 1. The highest BCUT2D eigenvalue weighted by Gasteiger charge is 2.55. The van der Waals surface area contributed by atoms with Gasteiger partial charge in [0.15, 0.2) is 0 Å². The van der Waals surface area contributed by atoms with Crippen molar-refractivity contribution in [1.29, 1.82) is 0 Å². The Bertz CT molecular complexity index is 1040. The zero-order valence-corrected chi connectivity index (χ0v) is 22.0. The summed E-state index contributed by atoms with van der Waals surface area (Å²) in [4.78, 5) is 20.7. The van der Waals surface area contributed by atoms with Gasteiger partial charge in [0.05, 0.1) is 12.6 Å². The van der Waals surface area contributed by atoms with Crippen LogP contribution in [0.15, 0.2) is 67.3 Å². The van der Waals surface area contributed by atoms with Gasteiger partial charge in [-0.15, -0.1) is 6.58 Å². The Labute approximate surface area is 216 Å². The van der Waals surface area contributed by atoms with E-state index in [-0.39, 0.29) is 17.1 Å². The number of ether oxygens (including phenoxy) is 1. The van der Waals surface area contributed by atoms with Gasteiger partial charge in [-0.05, 0) is 74.8 Å². The second-order valence-corrected chi connectivity index (χ2v) is 11.2. The molecule has 2 aromatic rings. The number of hydrogen-bond donors (Lipinski definition) is 0. The van der Waals surface area contributed by atoms with Gasteiger partial charge in [0.25, 0.3) is 0 Å². The molecule has 1 aliphatic heterocycles. The molecule has 0 N–H and O–H groups in total. The summed E-state index contributed by atoms with van der Waals surface area (Å²) in [6.45, 7) is 7.26. The maximum atomic E-state index is 13.9. The Morgan fingerprint density at radius 3 is 2.33 bits per heavy atom. The molecule has 2 aromatic carbocycles. The van der Waals surface area contributed by atoms with Crippen LogP contribution in [0.25, 0.3) is 0 Å². The van der Waals surface area contributed by atoms with Crippen LogP contribution < -0.4 is 4.74 Å². The second kappa shape index (κ2) is 10.3. The van der Waals surface area contributed by atoms with Gasteiger partial charge in [0.2, 0.25) is 0 Å². The van der Waals surface area contributed by atoms with Gasteiger partial charge in [0, 0.05) is 31.7 Å². The molecule has 3 aliphatic rings. The quantitative estimate of drug-likeness (QED) is 0.404. The molecule has 2 aliphatic carbocycles. The average Bonchev–Trinajstić information content (AvgIpc) is 3.13. The van der Waals surface area contributed by atoms with Gasteiger partial charge in [-0.25, -0.2) is 4.79 Å². The molecule has 192 valence electrons. The molecular weight excluding hydrogens is 446 g/mol. The third-order valence-electron chi connectivity index (χ3n) is 9.21. The first kappa shape index (κ1) is 24.9. The first-order valence-electron chi connectivity index (χ1n) is 13.6. The lowest BCUT2D eigenvalue weighted by Gasteiger charge is -2.52. The highest BCUT2D eigenvalue weighted by atomic mass is 16.5. The molecule has 1 spiro atoms. The Morgan fingerprint density at radius 2 is 1.75 bits per heavy atom. The Kier molecular flexibility index (Phi) is 7.11. The maximum absolute atomic E-state index is 13.9. The third kappa shape index (κ3) is 4.54. The van der Waals surface area contributed by atoms with Gasteiger partial charge >= 0.3 is 6.03 Å². The van der Waals surface area contributed by atoms with Crippen LogP contribution in [0, 0.1) is 5.92 Å². The summed E-state index contributed by atoms with van der Waals surface area (Å²) < 4.78 is 5.32. The molecule has 1 saturated heterocycles. The van der Waals surface area contributed by atoms with E-state index >= 15 is 0 Å². The second-order valence-electron chi connectivity index (χ2n) is 11.2. The summed E-state index contributed by atoms with van der Waals surface area (Å²) in [7, 11) is 3.92. The number of rotatable bonds is 9. The van der Waals surface area contributed by atoms with Crippen molar-refractivity contribution in [2.45, 2.75) is 62.6 Å².